The summed E-state index contributed by atoms with van der Waals surface area (Å²) in [5, 5.41) is 3.44. The van der Waals surface area contributed by atoms with Crippen molar-refractivity contribution in [1.29, 1.82) is 0 Å². The van der Waals surface area contributed by atoms with Crippen LogP contribution in [0.5, 0.6) is 0 Å². The summed E-state index contributed by atoms with van der Waals surface area (Å²) >= 11 is 0. The van der Waals surface area contributed by atoms with Crippen LogP contribution in [0.3, 0.4) is 0 Å². The first-order valence-corrected chi connectivity index (χ1v) is 8.08. The van der Waals surface area contributed by atoms with Crippen LogP contribution < -0.4 is 5.32 Å². The molecule has 2 heterocycles. The molecule has 1 unspecified atom stereocenters. The second-order valence-corrected chi connectivity index (χ2v) is 5.68. The van der Waals surface area contributed by atoms with E-state index >= 15 is 0 Å². The molecule has 0 aliphatic carbocycles. The van der Waals surface area contributed by atoms with Gasteiger partial charge in [-0.3, -0.25) is 4.90 Å². The molecule has 2 aliphatic heterocycles. The molecule has 0 radical (unpaired) electrons. The lowest BCUT2D eigenvalue weighted by Crippen LogP contribution is -2.45. The van der Waals surface area contributed by atoms with Gasteiger partial charge in [0.2, 0.25) is 0 Å². The largest absolute Gasteiger partial charge is 0.353 e. The van der Waals surface area contributed by atoms with Crippen LogP contribution in [-0.2, 0) is 9.47 Å². The van der Waals surface area contributed by atoms with Crippen molar-refractivity contribution >= 4 is 0 Å². The second kappa shape index (κ2) is 8.90. The number of ether oxygens (including phenoxy) is 2. The standard InChI is InChI=1S/C15H30N2O2/c1-2-10-17(14-6-8-16-9-7-14)11-13-19-15-5-3-4-12-18-15/h14-16H,2-13H2,1H3. The molecule has 0 aromatic heterocycles. The van der Waals surface area contributed by atoms with Crippen molar-refractivity contribution in [2.45, 2.75) is 57.8 Å². The Morgan fingerprint density at radius 1 is 1.16 bits per heavy atom. The van der Waals surface area contributed by atoms with E-state index in [9.17, 15) is 0 Å². The summed E-state index contributed by atoms with van der Waals surface area (Å²) in [5.41, 5.74) is 0. The molecule has 2 saturated heterocycles. The highest BCUT2D eigenvalue weighted by atomic mass is 16.7. The number of hydrogen-bond acceptors (Lipinski definition) is 4. The minimum Gasteiger partial charge on any atom is -0.353 e. The maximum absolute atomic E-state index is 5.87. The third-order valence-corrected chi connectivity index (χ3v) is 4.16. The van der Waals surface area contributed by atoms with Crippen molar-refractivity contribution in [2.75, 3.05) is 39.4 Å². The van der Waals surface area contributed by atoms with Gasteiger partial charge in [0.25, 0.3) is 0 Å². The molecule has 0 bridgehead atoms. The minimum atomic E-state index is 0.0604. The molecule has 19 heavy (non-hydrogen) atoms. The Balaban J connectivity index is 1.66. The molecule has 1 N–H and O–H groups in total. The molecular formula is C15H30N2O2. The van der Waals surface area contributed by atoms with E-state index in [1.807, 2.05) is 0 Å². The van der Waals surface area contributed by atoms with Crippen LogP contribution in [0.2, 0.25) is 0 Å². The zero-order valence-corrected chi connectivity index (χ0v) is 12.4. The van der Waals surface area contributed by atoms with E-state index in [2.05, 4.69) is 17.1 Å². The Morgan fingerprint density at radius 2 is 2.00 bits per heavy atom. The summed E-state index contributed by atoms with van der Waals surface area (Å²) in [6, 6.07) is 0.747. The smallest absolute Gasteiger partial charge is 0.157 e. The number of nitrogens with zero attached hydrogens (tertiary/aromatic N) is 1. The fourth-order valence-corrected chi connectivity index (χ4v) is 3.08. The lowest BCUT2D eigenvalue weighted by atomic mass is 10.0. The maximum atomic E-state index is 5.87. The van der Waals surface area contributed by atoms with E-state index in [-0.39, 0.29) is 6.29 Å². The number of piperidine rings is 1. The van der Waals surface area contributed by atoms with Gasteiger partial charge in [0.1, 0.15) is 0 Å². The van der Waals surface area contributed by atoms with Gasteiger partial charge < -0.3 is 14.8 Å². The van der Waals surface area contributed by atoms with Crippen LogP contribution in [0.15, 0.2) is 0 Å². The third-order valence-electron chi connectivity index (χ3n) is 4.16. The van der Waals surface area contributed by atoms with Crippen molar-refractivity contribution in [1.82, 2.24) is 10.2 Å². The Labute approximate surface area is 117 Å². The Bertz CT molecular complexity index is 226. The van der Waals surface area contributed by atoms with Gasteiger partial charge in [0.05, 0.1) is 6.61 Å². The lowest BCUT2D eigenvalue weighted by Gasteiger charge is -2.35. The molecule has 2 fully saturated rings. The molecule has 0 saturated carbocycles. The van der Waals surface area contributed by atoms with Crippen LogP contribution in [0.4, 0.5) is 0 Å². The van der Waals surface area contributed by atoms with E-state index in [0.29, 0.717) is 0 Å². The van der Waals surface area contributed by atoms with Crippen molar-refractivity contribution < 1.29 is 9.47 Å². The molecule has 112 valence electrons. The van der Waals surface area contributed by atoms with E-state index < -0.39 is 0 Å². The zero-order valence-electron chi connectivity index (χ0n) is 12.4. The molecule has 1 atom stereocenters. The normalized spacial score (nSPS) is 25.9. The summed E-state index contributed by atoms with van der Waals surface area (Å²) in [4.78, 5) is 2.61. The summed E-state index contributed by atoms with van der Waals surface area (Å²) < 4.78 is 11.5. The minimum absolute atomic E-state index is 0.0604. The fraction of sp³-hybridized carbons (Fsp3) is 1.00. The van der Waals surface area contributed by atoms with E-state index in [4.69, 9.17) is 9.47 Å². The van der Waals surface area contributed by atoms with E-state index in [0.717, 1.165) is 45.3 Å². The molecule has 2 rings (SSSR count). The van der Waals surface area contributed by atoms with E-state index in [1.54, 1.807) is 0 Å². The molecule has 2 aliphatic rings. The first-order chi connectivity index (χ1) is 9.40. The van der Waals surface area contributed by atoms with Gasteiger partial charge >= 0.3 is 0 Å². The van der Waals surface area contributed by atoms with Gasteiger partial charge in [-0.2, -0.15) is 0 Å². The zero-order chi connectivity index (χ0) is 13.3. The maximum Gasteiger partial charge on any atom is 0.157 e. The highest BCUT2D eigenvalue weighted by molar-refractivity contribution is 4.77. The van der Waals surface area contributed by atoms with Gasteiger partial charge in [-0.15, -0.1) is 0 Å². The van der Waals surface area contributed by atoms with Crippen molar-refractivity contribution in [2.24, 2.45) is 0 Å². The first kappa shape index (κ1) is 15.2. The number of rotatable bonds is 7. The SMILES string of the molecule is CCCN(CCOC1CCCCO1)C1CCNCC1. The number of hydrogen-bond donors (Lipinski definition) is 1. The molecule has 0 spiro atoms. The van der Waals surface area contributed by atoms with Crippen molar-refractivity contribution in [3.8, 4) is 0 Å². The molecule has 0 amide bonds. The Hall–Kier alpha value is -0.160. The molecule has 4 heteroatoms. The predicted octanol–water partition coefficient (Wildman–Crippen LogP) is 1.99. The number of nitrogens with one attached hydrogen (secondary N) is 1. The Morgan fingerprint density at radius 3 is 2.68 bits per heavy atom. The highest BCUT2D eigenvalue weighted by Crippen LogP contribution is 2.15. The second-order valence-electron chi connectivity index (χ2n) is 5.68. The van der Waals surface area contributed by atoms with Crippen LogP contribution >= 0.6 is 0 Å². The van der Waals surface area contributed by atoms with Crippen LogP contribution in [0.25, 0.3) is 0 Å². The fourth-order valence-electron chi connectivity index (χ4n) is 3.08. The summed E-state index contributed by atoms with van der Waals surface area (Å²) in [7, 11) is 0. The van der Waals surface area contributed by atoms with Crippen LogP contribution in [0, 0.1) is 0 Å². The van der Waals surface area contributed by atoms with Gasteiger partial charge in [-0.1, -0.05) is 6.92 Å². The van der Waals surface area contributed by atoms with Gasteiger partial charge in [-0.05, 0) is 58.2 Å². The first-order valence-electron chi connectivity index (χ1n) is 8.08. The molecular weight excluding hydrogens is 240 g/mol. The molecule has 0 aromatic carbocycles. The van der Waals surface area contributed by atoms with Crippen LogP contribution in [-0.4, -0.2) is 56.6 Å². The average molecular weight is 270 g/mol. The monoisotopic (exact) mass is 270 g/mol. The van der Waals surface area contributed by atoms with Crippen LogP contribution in [0.1, 0.15) is 45.4 Å². The summed E-state index contributed by atoms with van der Waals surface area (Å²) in [6.07, 6.45) is 7.35. The Kier molecular flexibility index (Phi) is 7.14. The third kappa shape index (κ3) is 5.38. The van der Waals surface area contributed by atoms with Crippen molar-refractivity contribution in [3.63, 3.8) is 0 Å². The van der Waals surface area contributed by atoms with Crippen molar-refractivity contribution in [3.05, 3.63) is 0 Å². The predicted molar refractivity (Wildman–Crippen MR) is 77.3 cm³/mol. The topological polar surface area (TPSA) is 33.7 Å². The molecule has 0 aromatic rings. The summed E-state index contributed by atoms with van der Waals surface area (Å²) in [6.45, 7) is 8.53. The lowest BCUT2D eigenvalue weighted by molar-refractivity contribution is -0.165. The van der Waals surface area contributed by atoms with Gasteiger partial charge in [0, 0.05) is 19.2 Å². The van der Waals surface area contributed by atoms with E-state index in [1.165, 1.54) is 38.6 Å². The quantitative estimate of drug-likeness (QED) is 0.767. The van der Waals surface area contributed by atoms with Gasteiger partial charge in [-0.25, -0.2) is 0 Å². The van der Waals surface area contributed by atoms with Gasteiger partial charge in [0.15, 0.2) is 6.29 Å². The summed E-state index contributed by atoms with van der Waals surface area (Å²) in [5.74, 6) is 0. The highest BCUT2D eigenvalue weighted by Gasteiger charge is 2.21. The average Bonchev–Trinajstić information content (AvgIpc) is 2.48. The molecule has 4 nitrogen and oxygen atoms in total.